The molecular formula is C24H27ClFNO5. The molecule has 1 N–H and O–H groups in total. The number of benzene rings is 2. The molecule has 0 unspecified atom stereocenters. The van der Waals surface area contributed by atoms with E-state index in [0.717, 1.165) is 5.56 Å². The highest BCUT2D eigenvalue weighted by atomic mass is 35.5. The number of amides is 1. The molecule has 0 aliphatic heterocycles. The number of ketones is 1. The lowest BCUT2D eigenvalue weighted by molar-refractivity contribution is -0.155. The van der Waals surface area contributed by atoms with Gasteiger partial charge in [-0.1, -0.05) is 41.4 Å². The Kier molecular flexibility index (Phi) is 8.02. The van der Waals surface area contributed by atoms with Gasteiger partial charge >= 0.3 is 12.1 Å². The second kappa shape index (κ2) is 10.1. The number of ether oxygens (including phenoxy) is 2. The summed E-state index contributed by atoms with van der Waals surface area (Å²) in [5, 5.41) is 2.70. The van der Waals surface area contributed by atoms with E-state index in [1.807, 2.05) is 6.92 Å². The van der Waals surface area contributed by atoms with Crippen LogP contribution in [0.2, 0.25) is 5.02 Å². The standard InChI is InChI=1S/C24H27ClFNO5/c1-6-31-21(29)24(26,20(28)17-11-13-18(25)14-12-17)19(16-9-7-15(2)8-10-16)27-22(30)32-23(3,4)5/h7-14,19H,6H2,1-5H3,(H,27,30)/t19-,24-/m0/s1. The van der Waals surface area contributed by atoms with Crippen molar-refractivity contribution in [2.45, 2.75) is 51.9 Å². The van der Waals surface area contributed by atoms with Gasteiger partial charge in [-0.05, 0) is 64.4 Å². The quantitative estimate of drug-likeness (QED) is 0.339. The van der Waals surface area contributed by atoms with Gasteiger partial charge in [-0.2, -0.15) is 0 Å². The number of carbonyl (C=O) groups is 3. The van der Waals surface area contributed by atoms with Crippen molar-refractivity contribution in [1.82, 2.24) is 5.32 Å². The highest BCUT2D eigenvalue weighted by Gasteiger charge is 2.56. The maximum Gasteiger partial charge on any atom is 0.408 e. The number of alkyl halides is 1. The Hall–Kier alpha value is -2.93. The Balaban J connectivity index is 2.63. The predicted molar refractivity (Wildman–Crippen MR) is 120 cm³/mol. The first-order valence-corrected chi connectivity index (χ1v) is 10.5. The molecule has 0 spiro atoms. The summed E-state index contributed by atoms with van der Waals surface area (Å²) in [5.41, 5.74) is -3.19. The fourth-order valence-corrected chi connectivity index (χ4v) is 3.11. The average Bonchev–Trinajstić information content (AvgIpc) is 2.71. The smallest absolute Gasteiger partial charge is 0.408 e. The van der Waals surface area contributed by atoms with Crippen LogP contribution in [0.25, 0.3) is 0 Å². The molecule has 0 fully saturated rings. The van der Waals surface area contributed by atoms with Crippen LogP contribution in [-0.2, 0) is 14.3 Å². The lowest BCUT2D eigenvalue weighted by Gasteiger charge is -2.32. The maximum absolute atomic E-state index is 16.7. The first-order chi connectivity index (χ1) is 14.9. The number of alkyl carbamates (subject to hydrolysis) is 1. The summed E-state index contributed by atoms with van der Waals surface area (Å²) in [5.74, 6) is -2.59. The van der Waals surface area contributed by atoms with Gasteiger partial charge in [0.1, 0.15) is 11.6 Å². The van der Waals surface area contributed by atoms with Crippen molar-refractivity contribution in [3.05, 3.63) is 70.2 Å². The summed E-state index contributed by atoms with van der Waals surface area (Å²) in [6.45, 7) is 8.08. The molecule has 0 radical (unpaired) electrons. The first-order valence-electron chi connectivity index (χ1n) is 10.1. The van der Waals surface area contributed by atoms with E-state index >= 15 is 4.39 Å². The Morgan fingerprint density at radius 1 is 1.03 bits per heavy atom. The summed E-state index contributed by atoms with van der Waals surface area (Å²) < 4.78 is 26.8. The molecule has 2 aromatic rings. The van der Waals surface area contributed by atoms with Crippen molar-refractivity contribution in [2.24, 2.45) is 0 Å². The van der Waals surface area contributed by atoms with Crippen LogP contribution < -0.4 is 5.32 Å². The van der Waals surface area contributed by atoms with E-state index in [4.69, 9.17) is 21.1 Å². The van der Waals surface area contributed by atoms with Gasteiger partial charge in [-0.3, -0.25) is 4.79 Å². The van der Waals surface area contributed by atoms with E-state index < -0.39 is 35.2 Å². The molecule has 2 atom stereocenters. The predicted octanol–water partition coefficient (Wildman–Crippen LogP) is 5.37. The maximum atomic E-state index is 16.7. The zero-order chi connectivity index (χ0) is 24.1. The Morgan fingerprint density at radius 3 is 2.09 bits per heavy atom. The highest BCUT2D eigenvalue weighted by molar-refractivity contribution is 6.30. The first kappa shape index (κ1) is 25.3. The number of hydrogen-bond acceptors (Lipinski definition) is 5. The summed E-state index contributed by atoms with van der Waals surface area (Å²) in [7, 11) is 0. The molecule has 0 aliphatic rings. The van der Waals surface area contributed by atoms with Crippen LogP contribution in [0.5, 0.6) is 0 Å². The van der Waals surface area contributed by atoms with E-state index in [9.17, 15) is 14.4 Å². The van der Waals surface area contributed by atoms with Crippen LogP contribution in [-0.4, -0.2) is 35.7 Å². The Morgan fingerprint density at radius 2 is 1.59 bits per heavy atom. The molecule has 0 heterocycles. The van der Waals surface area contributed by atoms with Crippen LogP contribution in [0.3, 0.4) is 0 Å². The minimum Gasteiger partial charge on any atom is -0.463 e. The van der Waals surface area contributed by atoms with Gasteiger partial charge in [0.05, 0.1) is 6.61 Å². The second-order valence-electron chi connectivity index (χ2n) is 8.26. The third-order valence-electron chi connectivity index (χ3n) is 4.48. The molecular weight excluding hydrogens is 437 g/mol. The van der Waals surface area contributed by atoms with E-state index in [1.54, 1.807) is 32.9 Å². The van der Waals surface area contributed by atoms with Gasteiger partial charge in [-0.15, -0.1) is 0 Å². The summed E-state index contributed by atoms with van der Waals surface area (Å²) in [4.78, 5) is 38.7. The van der Waals surface area contributed by atoms with Crippen molar-refractivity contribution in [2.75, 3.05) is 6.61 Å². The second-order valence-corrected chi connectivity index (χ2v) is 8.69. The van der Waals surface area contributed by atoms with Crippen molar-refractivity contribution < 1.29 is 28.2 Å². The number of rotatable bonds is 7. The van der Waals surface area contributed by atoms with Gasteiger partial charge in [0, 0.05) is 10.6 Å². The molecule has 0 saturated heterocycles. The number of halogens is 2. The number of aryl methyl sites for hydroxylation is 1. The van der Waals surface area contributed by atoms with E-state index in [1.165, 1.54) is 43.3 Å². The topological polar surface area (TPSA) is 81.7 Å². The van der Waals surface area contributed by atoms with E-state index in [2.05, 4.69) is 5.32 Å². The van der Waals surface area contributed by atoms with Crippen LogP contribution in [0.15, 0.2) is 48.5 Å². The molecule has 172 valence electrons. The minimum atomic E-state index is -3.27. The Labute approximate surface area is 192 Å². The number of carbonyl (C=O) groups excluding carboxylic acids is 3. The molecule has 6 nitrogen and oxygen atoms in total. The number of hydrogen-bond donors (Lipinski definition) is 1. The third kappa shape index (κ3) is 6.07. The normalized spacial score (nSPS) is 14.1. The Bertz CT molecular complexity index is 969. The van der Waals surface area contributed by atoms with Gasteiger partial charge in [0.15, 0.2) is 0 Å². The number of Topliss-reactive ketones (excluding diaryl/α,β-unsaturated/α-hetero) is 1. The van der Waals surface area contributed by atoms with Crippen molar-refractivity contribution in [1.29, 1.82) is 0 Å². The van der Waals surface area contributed by atoms with Crippen molar-refractivity contribution in [3.63, 3.8) is 0 Å². The molecule has 1 amide bonds. The number of nitrogens with one attached hydrogen (secondary N) is 1. The molecule has 0 aliphatic carbocycles. The molecule has 0 aromatic heterocycles. The molecule has 2 aromatic carbocycles. The van der Waals surface area contributed by atoms with Crippen LogP contribution >= 0.6 is 11.6 Å². The fraction of sp³-hybridized carbons (Fsp3) is 0.375. The zero-order valence-corrected chi connectivity index (χ0v) is 19.5. The van der Waals surface area contributed by atoms with Gasteiger partial charge in [0.25, 0.3) is 5.67 Å². The molecule has 0 bridgehead atoms. The average molecular weight is 464 g/mol. The van der Waals surface area contributed by atoms with Gasteiger partial charge in [0.2, 0.25) is 5.78 Å². The molecule has 0 saturated carbocycles. The van der Waals surface area contributed by atoms with Crippen LogP contribution in [0.4, 0.5) is 9.18 Å². The largest absolute Gasteiger partial charge is 0.463 e. The molecule has 32 heavy (non-hydrogen) atoms. The summed E-state index contributed by atoms with van der Waals surface area (Å²) in [6, 6.07) is 10.1. The lowest BCUT2D eigenvalue weighted by Crippen LogP contribution is -2.55. The summed E-state index contributed by atoms with van der Waals surface area (Å²) >= 11 is 5.88. The molecule has 2 rings (SSSR count). The zero-order valence-electron chi connectivity index (χ0n) is 18.7. The van der Waals surface area contributed by atoms with Crippen molar-refractivity contribution in [3.8, 4) is 0 Å². The molecule has 8 heteroatoms. The third-order valence-corrected chi connectivity index (χ3v) is 4.73. The van der Waals surface area contributed by atoms with E-state index in [0.29, 0.717) is 5.02 Å². The minimum absolute atomic E-state index is 0.104. The SMILES string of the molecule is CCOC(=O)[C@@](F)(C(=O)c1ccc(Cl)cc1)[C@@H](NC(=O)OC(C)(C)C)c1ccc(C)cc1. The number of esters is 1. The summed E-state index contributed by atoms with van der Waals surface area (Å²) in [6.07, 6.45) is -0.988. The van der Waals surface area contributed by atoms with Gasteiger partial charge < -0.3 is 14.8 Å². The van der Waals surface area contributed by atoms with Crippen LogP contribution in [0, 0.1) is 6.92 Å². The highest BCUT2D eigenvalue weighted by Crippen LogP contribution is 2.35. The van der Waals surface area contributed by atoms with E-state index in [-0.39, 0.29) is 17.7 Å². The lowest BCUT2D eigenvalue weighted by atomic mass is 9.83. The fourth-order valence-electron chi connectivity index (χ4n) is 2.99. The van der Waals surface area contributed by atoms with Crippen molar-refractivity contribution >= 4 is 29.4 Å². The monoisotopic (exact) mass is 463 g/mol. The van der Waals surface area contributed by atoms with Crippen LogP contribution in [0.1, 0.15) is 55.2 Å². The van der Waals surface area contributed by atoms with Gasteiger partial charge in [-0.25, -0.2) is 14.0 Å².